The third-order valence-electron chi connectivity index (χ3n) is 9.15. The quantitative estimate of drug-likeness (QED) is 0.397. The molecule has 45 heavy (non-hydrogen) atoms. The first kappa shape index (κ1) is 33.5. The molecular weight excluding hydrogens is 639 g/mol. The highest BCUT2D eigenvalue weighted by Crippen LogP contribution is 2.33. The van der Waals surface area contributed by atoms with E-state index >= 15 is 0 Å². The van der Waals surface area contributed by atoms with Gasteiger partial charge < -0.3 is 19.4 Å². The summed E-state index contributed by atoms with van der Waals surface area (Å²) in [6, 6.07) is 9.83. The van der Waals surface area contributed by atoms with E-state index in [1.165, 1.54) is 18.2 Å². The molecule has 13 heteroatoms. The largest absolute Gasteiger partial charge is 0.446 e. The van der Waals surface area contributed by atoms with Crippen LogP contribution in [-0.4, -0.2) is 106 Å². The Morgan fingerprint density at radius 1 is 0.933 bits per heavy atom. The maximum absolute atomic E-state index is 13.4. The van der Waals surface area contributed by atoms with Crippen molar-refractivity contribution in [2.75, 3.05) is 63.5 Å². The van der Waals surface area contributed by atoms with E-state index in [4.69, 9.17) is 27.9 Å². The number of carbonyl (C=O) groups excluding carboxylic acids is 3. The predicted octanol–water partition coefficient (Wildman–Crippen LogP) is 4.75. The van der Waals surface area contributed by atoms with Crippen LogP contribution in [0.1, 0.15) is 42.1 Å². The van der Waals surface area contributed by atoms with Crippen LogP contribution in [-0.2, 0) is 19.4 Å². The molecule has 3 amide bonds. The van der Waals surface area contributed by atoms with Crippen LogP contribution in [0.5, 0.6) is 0 Å². The van der Waals surface area contributed by atoms with Crippen molar-refractivity contribution in [1.82, 2.24) is 14.7 Å². The van der Waals surface area contributed by atoms with E-state index in [0.717, 1.165) is 37.9 Å². The molecule has 5 rings (SSSR count). The minimum Gasteiger partial charge on any atom is -0.446 e. The summed E-state index contributed by atoms with van der Waals surface area (Å²) in [6.07, 6.45) is 2.41. The first-order valence-electron chi connectivity index (χ1n) is 15.3. The highest BCUT2D eigenvalue weighted by molar-refractivity contribution is 7.90. The van der Waals surface area contributed by atoms with Gasteiger partial charge >= 0.3 is 6.09 Å². The van der Waals surface area contributed by atoms with Gasteiger partial charge in [-0.05, 0) is 67.6 Å². The predicted molar refractivity (Wildman–Crippen MR) is 174 cm³/mol. The summed E-state index contributed by atoms with van der Waals surface area (Å²) in [5.74, 6) is 0.521. The summed E-state index contributed by atoms with van der Waals surface area (Å²) in [5.41, 5.74) is 1.93. The number of benzene rings is 2. The summed E-state index contributed by atoms with van der Waals surface area (Å²) >= 11 is 12.7. The molecule has 3 aliphatic rings. The van der Waals surface area contributed by atoms with E-state index in [9.17, 15) is 22.8 Å². The molecule has 2 atom stereocenters. The number of hydrogen-bond donors (Lipinski definition) is 0. The van der Waals surface area contributed by atoms with Gasteiger partial charge in [0.05, 0.1) is 15.5 Å². The summed E-state index contributed by atoms with van der Waals surface area (Å²) in [5, 5.41) is 0.722. The lowest BCUT2D eigenvalue weighted by Gasteiger charge is -2.32. The van der Waals surface area contributed by atoms with Gasteiger partial charge in [0.25, 0.3) is 5.91 Å². The number of nitrogens with zero attached hydrogens (tertiary/aromatic N) is 4. The van der Waals surface area contributed by atoms with Crippen LogP contribution in [0.25, 0.3) is 0 Å². The molecule has 3 aliphatic heterocycles. The zero-order valence-corrected chi connectivity index (χ0v) is 28.2. The average Bonchev–Trinajstić information content (AvgIpc) is 3.55. The van der Waals surface area contributed by atoms with Gasteiger partial charge in [0.2, 0.25) is 5.91 Å². The van der Waals surface area contributed by atoms with Crippen molar-refractivity contribution in [2.24, 2.45) is 11.8 Å². The van der Waals surface area contributed by atoms with E-state index < -0.39 is 15.9 Å². The number of carbonyl (C=O) groups is 3. The monoisotopic (exact) mass is 678 g/mol. The number of ether oxygens (including phenoxy) is 1. The summed E-state index contributed by atoms with van der Waals surface area (Å²) in [4.78, 5) is 46.0. The number of piperidine rings is 1. The lowest BCUT2D eigenvalue weighted by atomic mass is 10.0. The summed E-state index contributed by atoms with van der Waals surface area (Å²) in [7, 11) is -3.42. The number of likely N-dealkylation sites (tertiary alicyclic amines) is 3. The van der Waals surface area contributed by atoms with Crippen LogP contribution in [0.15, 0.2) is 41.3 Å². The van der Waals surface area contributed by atoms with Crippen LogP contribution in [0.2, 0.25) is 10.0 Å². The number of amides is 3. The van der Waals surface area contributed by atoms with Crippen molar-refractivity contribution in [3.05, 3.63) is 57.6 Å². The molecule has 0 aliphatic carbocycles. The number of hydrogen-bond acceptors (Lipinski definition) is 7. The molecular formula is C32H40Cl2N4O6S. The third kappa shape index (κ3) is 7.93. The molecule has 2 aromatic carbocycles. The fourth-order valence-corrected chi connectivity index (χ4v) is 7.68. The van der Waals surface area contributed by atoms with Gasteiger partial charge in [-0.3, -0.25) is 14.5 Å². The maximum atomic E-state index is 13.4. The molecule has 0 radical (unpaired) electrons. The lowest BCUT2D eigenvalue weighted by molar-refractivity contribution is -0.130. The van der Waals surface area contributed by atoms with E-state index in [0.29, 0.717) is 73.7 Å². The van der Waals surface area contributed by atoms with Gasteiger partial charge in [0, 0.05) is 82.5 Å². The smallest absolute Gasteiger partial charge is 0.414 e. The molecule has 0 spiro atoms. The molecule has 0 aromatic heterocycles. The summed E-state index contributed by atoms with van der Waals surface area (Å²) < 4.78 is 29.6. The number of anilines is 1. The molecule has 2 unspecified atom stereocenters. The zero-order valence-electron chi connectivity index (χ0n) is 25.9. The molecule has 0 bridgehead atoms. The fraction of sp³-hybridized carbons (Fsp3) is 0.531. The Morgan fingerprint density at radius 3 is 2.18 bits per heavy atom. The molecule has 0 saturated carbocycles. The lowest BCUT2D eigenvalue weighted by Crippen LogP contribution is -2.43. The molecule has 3 fully saturated rings. The summed E-state index contributed by atoms with van der Waals surface area (Å²) in [6.45, 7) is 8.81. The van der Waals surface area contributed by atoms with E-state index in [1.54, 1.807) is 22.8 Å². The second-order valence-electron chi connectivity index (χ2n) is 12.4. The number of rotatable bonds is 8. The Balaban J connectivity index is 1.15. The van der Waals surface area contributed by atoms with Gasteiger partial charge in [0.1, 0.15) is 6.10 Å². The van der Waals surface area contributed by atoms with Crippen molar-refractivity contribution in [1.29, 1.82) is 0 Å². The SMILES string of the molecule is CC(=O)N1CCC(OC(=O)N(CCCN2CC3CN(C(=O)c4ccc(S(C)(=O)=O)cc4Cl)CC3C2)c2ccc(C)c(Cl)c2)CC1. The fourth-order valence-electron chi connectivity index (χ4n) is 6.53. The molecule has 3 heterocycles. The van der Waals surface area contributed by atoms with Crippen LogP contribution in [0.3, 0.4) is 0 Å². The Morgan fingerprint density at radius 2 is 1.60 bits per heavy atom. The number of aryl methyl sites for hydroxylation is 1. The molecule has 2 aromatic rings. The Labute approximate surface area is 275 Å². The topological polar surface area (TPSA) is 108 Å². The number of sulfone groups is 1. The minimum atomic E-state index is -3.42. The van der Waals surface area contributed by atoms with Crippen LogP contribution in [0, 0.1) is 18.8 Å². The first-order valence-corrected chi connectivity index (χ1v) is 18.0. The van der Waals surface area contributed by atoms with Gasteiger partial charge in [0.15, 0.2) is 9.84 Å². The third-order valence-corrected chi connectivity index (χ3v) is 11.0. The Kier molecular flexibility index (Phi) is 10.3. The van der Waals surface area contributed by atoms with Crippen LogP contribution < -0.4 is 4.90 Å². The number of fused-ring (bicyclic) bond motifs is 1. The molecule has 0 N–H and O–H groups in total. The molecule has 244 valence electrons. The first-order chi connectivity index (χ1) is 21.3. The van der Waals surface area contributed by atoms with Crippen LogP contribution >= 0.6 is 23.2 Å². The normalized spacial score (nSPS) is 20.7. The van der Waals surface area contributed by atoms with Crippen molar-refractivity contribution in [3.63, 3.8) is 0 Å². The van der Waals surface area contributed by atoms with Crippen molar-refractivity contribution < 1.29 is 27.5 Å². The molecule has 10 nitrogen and oxygen atoms in total. The highest BCUT2D eigenvalue weighted by atomic mass is 35.5. The number of halogens is 2. The van der Waals surface area contributed by atoms with Crippen molar-refractivity contribution in [3.8, 4) is 0 Å². The second-order valence-corrected chi connectivity index (χ2v) is 15.3. The highest BCUT2D eigenvalue weighted by Gasteiger charge is 2.42. The van der Waals surface area contributed by atoms with Crippen LogP contribution in [0.4, 0.5) is 10.5 Å². The van der Waals surface area contributed by atoms with Gasteiger partial charge in [-0.1, -0.05) is 29.3 Å². The maximum Gasteiger partial charge on any atom is 0.414 e. The van der Waals surface area contributed by atoms with Gasteiger partial charge in [-0.25, -0.2) is 13.2 Å². The Bertz CT molecular complexity index is 1550. The van der Waals surface area contributed by atoms with E-state index in [1.807, 2.05) is 24.0 Å². The van der Waals surface area contributed by atoms with Gasteiger partial charge in [-0.15, -0.1) is 0 Å². The standard InChI is InChI=1S/C32H40Cl2N4O6S/c1-21-5-6-25(15-29(21)33)38(32(41)44-26-9-13-36(14-10-26)22(2)39)12-4-11-35-17-23-19-37(20-24(23)18-35)31(40)28-8-7-27(16-30(28)34)45(3,42)43/h5-8,15-16,23-24,26H,4,9-14,17-20H2,1-3H3. The van der Waals surface area contributed by atoms with Crippen molar-refractivity contribution >= 4 is 56.6 Å². The average molecular weight is 680 g/mol. The van der Waals surface area contributed by atoms with E-state index in [2.05, 4.69) is 4.90 Å². The molecule has 3 saturated heterocycles. The van der Waals surface area contributed by atoms with Crippen molar-refractivity contribution in [2.45, 2.75) is 44.1 Å². The minimum absolute atomic E-state index is 0.0340. The zero-order chi connectivity index (χ0) is 32.5. The second kappa shape index (κ2) is 13.9. The van der Waals surface area contributed by atoms with E-state index in [-0.39, 0.29) is 27.8 Å². The van der Waals surface area contributed by atoms with Gasteiger partial charge in [-0.2, -0.15) is 0 Å². The Hall–Kier alpha value is -2.86.